The SMILES string of the molecule is COc1ccc(CN2CCC(c3nc(C)c(C)c(N4CCOCC4)n3)CC2)cc1O. The van der Waals surface area contributed by atoms with Gasteiger partial charge in [-0.05, 0) is 57.5 Å². The third kappa shape index (κ3) is 4.52. The number of aromatic nitrogens is 2. The lowest BCUT2D eigenvalue weighted by Gasteiger charge is -2.33. The molecule has 1 aromatic carbocycles. The molecule has 2 aliphatic rings. The van der Waals surface area contributed by atoms with Gasteiger partial charge in [0.2, 0.25) is 0 Å². The summed E-state index contributed by atoms with van der Waals surface area (Å²) in [5.74, 6) is 3.17. The van der Waals surface area contributed by atoms with Crippen LogP contribution in [0.4, 0.5) is 5.82 Å². The van der Waals surface area contributed by atoms with Crippen LogP contribution in [0.1, 0.15) is 41.4 Å². The van der Waals surface area contributed by atoms with E-state index in [1.807, 2.05) is 12.1 Å². The second-order valence-corrected chi connectivity index (χ2v) is 8.27. The summed E-state index contributed by atoms with van der Waals surface area (Å²) in [4.78, 5) is 14.6. The number of likely N-dealkylation sites (tertiary alicyclic amines) is 1. The summed E-state index contributed by atoms with van der Waals surface area (Å²) < 4.78 is 10.6. The first-order chi connectivity index (χ1) is 14.5. The number of rotatable bonds is 5. The van der Waals surface area contributed by atoms with E-state index in [4.69, 9.17) is 19.4 Å². The van der Waals surface area contributed by atoms with Crippen LogP contribution >= 0.6 is 0 Å². The molecule has 0 amide bonds. The summed E-state index contributed by atoms with van der Waals surface area (Å²) in [6, 6.07) is 5.64. The van der Waals surface area contributed by atoms with Gasteiger partial charge < -0.3 is 19.5 Å². The van der Waals surface area contributed by atoms with E-state index in [1.54, 1.807) is 13.2 Å². The van der Waals surface area contributed by atoms with Gasteiger partial charge in [-0.15, -0.1) is 0 Å². The van der Waals surface area contributed by atoms with E-state index in [0.29, 0.717) is 11.7 Å². The zero-order chi connectivity index (χ0) is 21.1. The van der Waals surface area contributed by atoms with E-state index < -0.39 is 0 Å². The minimum Gasteiger partial charge on any atom is -0.504 e. The topological polar surface area (TPSA) is 71.0 Å². The first kappa shape index (κ1) is 20.9. The Morgan fingerprint density at radius 3 is 2.50 bits per heavy atom. The maximum Gasteiger partial charge on any atom is 0.160 e. The molecule has 0 radical (unpaired) electrons. The number of benzene rings is 1. The van der Waals surface area contributed by atoms with Crippen molar-refractivity contribution in [2.24, 2.45) is 0 Å². The normalized spacial score (nSPS) is 18.6. The van der Waals surface area contributed by atoms with E-state index in [-0.39, 0.29) is 5.75 Å². The Hall–Kier alpha value is -2.38. The minimum absolute atomic E-state index is 0.198. The molecule has 1 aromatic heterocycles. The summed E-state index contributed by atoms with van der Waals surface area (Å²) in [7, 11) is 1.57. The van der Waals surface area contributed by atoms with Gasteiger partial charge in [0.15, 0.2) is 11.5 Å². The smallest absolute Gasteiger partial charge is 0.160 e. The summed E-state index contributed by atoms with van der Waals surface area (Å²) in [6.07, 6.45) is 2.10. The Balaban J connectivity index is 1.41. The number of hydrogen-bond acceptors (Lipinski definition) is 7. The lowest BCUT2D eigenvalue weighted by Crippen LogP contribution is -2.38. The van der Waals surface area contributed by atoms with Crippen molar-refractivity contribution >= 4 is 5.82 Å². The van der Waals surface area contributed by atoms with E-state index in [1.165, 1.54) is 5.56 Å². The molecule has 7 heteroatoms. The third-order valence-corrected chi connectivity index (χ3v) is 6.29. The van der Waals surface area contributed by atoms with Crippen LogP contribution in [-0.2, 0) is 11.3 Å². The van der Waals surface area contributed by atoms with Crippen LogP contribution in [0.25, 0.3) is 0 Å². The monoisotopic (exact) mass is 412 g/mol. The number of phenols is 1. The van der Waals surface area contributed by atoms with Crippen molar-refractivity contribution in [2.45, 2.75) is 39.2 Å². The van der Waals surface area contributed by atoms with Crippen molar-refractivity contribution in [2.75, 3.05) is 51.4 Å². The quantitative estimate of drug-likeness (QED) is 0.809. The molecule has 0 unspecified atom stereocenters. The van der Waals surface area contributed by atoms with Crippen molar-refractivity contribution < 1.29 is 14.6 Å². The highest BCUT2D eigenvalue weighted by atomic mass is 16.5. The van der Waals surface area contributed by atoms with Crippen LogP contribution in [0.3, 0.4) is 0 Å². The summed E-state index contributed by atoms with van der Waals surface area (Å²) in [5, 5.41) is 10.0. The molecule has 30 heavy (non-hydrogen) atoms. The number of aromatic hydroxyl groups is 1. The molecular weight excluding hydrogens is 380 g/mol. The van der Waals surface area contributed by atoms with Crippen LogP contribution in [0, 0.1) is 13.8 Å². The molecule has 0 spiro atoms. The molecule has 1 N–H and O–H groups in total. The van der Waals surface area contributed by atoms with Gasteiger partial charge in [0.25, 0.3) is 0 Å². The number of morpholine rings is 1. The van der Waals surface area contributed by atoms with Gasteiger partial charge in [0, 0.05) is 36.8 Å². The highest BCUT2D eigenvalue weighted by Crippen LogP contribution is 2.31. The number of hydrogen-bond donors (Lipinski definition) is 1. The average molecular weight is 413 g/mol. The van der Waals surface area contributed by atoms with E-state index in [9.17, 15) is 5.11 Å². The molecule has 0 aliphatic carbocycles. The molecule has 2 aromatic rings. The number of aryl methyl sites for hydroxylation is 1. The number of phenolic OH excluding ortho intramolecular Hbond substituents is 1. The molecule has 0 bridgehead atoms. The number of ether oxygens (including phenoxy) is 2. The lowest BCUT2D eigenvalue weighted by molar-refractivity contribution is 0.122. The Morgan fingerprint density at radius 2 is 1.83 bits per heavy atom. The van der Waals surface area contributed by atoms with Crippen molar-refractivity contribution in [3.63, 3.8) is 0 Å². The molecule has 4 rings (SSSR count). The van der Waals surface area contributed by atoms with Crippen LogP contribution < -0.4 is 9.64 Å². The Morgan fingerprint density at radius 1 is 1.10 bits per heavy atom. The molecular formula is C23H32N4O3. The second-order valence-electron chi connectivity index (χ2n) is 8.27. The number of anilines is 1. The first-order valence-corrected chi connectivity index (χ1v) is 10.8. The van der Waals surface area contributed by atoms with E-state index in [2.05, 4.69) is 23.6 Å². The molecule has 2 fully saturated rings. The molecule has 0 atom stereocenters. The van der Waals surface area contributed by atoms with Gasteiger partial charge in [0.1, 0.15) is 11.6 Å². The lowest BCUT2D eigenvalue weighted by atomic mass is 9.95. The zero-order valence-corrected chi connectivity index (χ0v) is 18.2. The molecule has 3 heterocycles. The van der Waals surface area contributed by atoms with Gasteiger partial charge in [-0.25, -0.2) is 9.97 Å². The molecule has 162 valence electrons. The van der Waals surface area contributed by atoms with Crippen LogP contribution in [0.5, 0.6) is 11.5 Å². The molecule has 0 saturated carbocycles. The van der Waals surface area contributed by atoms with Crippen LogP contribution in [0.15, 0.2) is 18.2 Å². The standard InChI is InChI=1S/C23H32N4O3/c1-16-17(2)24-22(25-23(16)27-10-12-30-13-11-27)19-6-8-26(9-7-19)15-18-4-5-21(29-3)20(28)14-18/h4-5,14,19,28H,6-13,15H2,1-3H3. The van der Waals surface area contributed by atoms with Gasteiger partial charge in [-0.1, -0.05) is 6.07 Å². The first-order valence-electron chi connectivity index (χ1n) is 10.8. The Labute approximate surface area is 178 Å². The molecule has 2 saturated heterocycles. The van der Waals surface area contributed by atoms with Crippen molar-refractivity contribution in [3.05, 3.63) is 40.8 Å². The predicted molar refractivity (Wildman–Crippen MR) is 116 cm³/mol. The maximum absolute atomic E-state index is 10.0. The van der Waals surface area contributed by atoms with Crippen molar-refractivity contribution in [1.82, 2.24) is 14.9 Å². The predicted octanol–water partition coefficient (Wildman–Crippen LogP) is 3.02. The zero-order valence-electron chi connectivity index (χ0n) is 18.2. The number of nitrogens with zero attached hydrogens (tertiary/aromatic N) is 4. The largest absolute Gasteiger partial charge is 0.504 e. The molecule has 7 nitrogen and oxygen atoms in total. The van der Waals surface area contributed by atoms with E-state index in [0.717, 1.165) is 81.7 Å². The van der Waals surface area contributed by atoms with Gasteiger partial charge in [0.05, 0.1) is 20.3 Å². The average Bonchev–Trinajstić information content (AvgIpc) is 2.77. The summed E-state index contributed by atoms with van der Waals surface area (Å²) >= 11 is 0. The van der Waals surface area contributed by atoms with Gasteiger partial charge >= 0.3 is 0 Å². The number of methoxy groups -OCH3 is 1. The third-order valence-electron chi connectivity index (χ3n) is 6.29. The van der Waals surface area contributed by atoms with Crippen LogP contribution in [0.2, 0.25) is 0 Å². The Kier molecular flexibility index (Phi) is 6.39. The summed E-state index contributed by atoms with van der Waals surface area (Å²) in [6.45, 7) is 10.4. The highest BCUT2D eigenvalue weighted by Gasteiger charge is 2.25. The fourth-order valence-electron chi connectivity index (χ4n) is 4.34. The fourth-order valence-corrected chi connectivity index (χ4v) is 4.34. The second kappa shape index (κ2) is 9.18. The minimum atomic E-state index is 0.198. The maximum atomic E-state index is 10.0. The van der Waals surface area contributed by atoms with Crippen molar-refractivity contribution in [3.8, 4) is 11.5 Å². The number of piperidine rings is 1. The fraction of sp³-hybridized carbons (Fsp3) is 0.565. The summed E-state index contributed by atoms with van der Waals surface area (Å²) in [5.41, 5.74) is 3.36. The van der Waals surface area contributed by atoms with Crippen molar-refractivity contribution in [1.29, 1.82) is 0 Å². The van der Waals surface area contributed by atoms with E-state index >= 15 is 0 Å². The van der Waals surface area contributed by atoms with Crippen LogP contribution in [-0.4, -0.2) is 66.5 Å². The van der Waals surface area contributed by atoms with Gasteiger partial charge in [-0.3, -0.25) is 4.90 Å². The molecule has 2 aliphatic heterocycles. The highest BCUT2D eigenvalue weighted by molar-refractivity contribution is 5.49. The van der Waals surface area contributed by atoms with Gasteiger partial charge in [-0.2, -0.15) is 0 Å². The Bertz CT molecular complexity index is 875.